The fourth-order valence-electron chi connectivity index (χ4n) is 2.79. The Balaban J connectivity index is 0.00000242. The Bertz CT molecular complexity index is 495. The van der Waals surface area contributed by atoms with E-state index >= 15 is 0 Å². The molecule has 2 rings (SSSR count). The largest absolute Gasteiger partial charge is 0.355 e. The third-order valence-electron chi connectivity index (χ3n) is 4.11. The average Bonchev–Trinajstić information content (AvgIpc) is 2.88. The standard InChI is InChI=1S/C16H25BrN4.HI/c1-18-16(19-11-14-8-6-10-20(14)2)21(3)12-13-7-4-5-9-15(13)17;/h4-5,7,9,14H,6,8,10-12H2,1-3H3,(H,18,19);1H. The van der Waals surface area contributed by atoms with Crippen molar-refractivity contribution < 1.29 is 0 Å². The minimum Gasteiger partial charge on any atom is -0.355 e. The Morgan fingerprint density at radius 3 is 2.77 bits per heavy atom. The van der Waals surface area contributed by atoms with Crippen LogP contribution in [0.5, 0.6) is 0 Å². The first-order chi connectivity index (χ1) is 10.1. The van der Waals surface area contributed by atoms with Crippen LogP contribution in [0.3, 0.4) is 0 Å². The number of likely N-dealkylation sites (tertiary alicyclic amines) is 1. The van der Waals surface area contributed by atoms with Crippen LogP contribution in [0.2, 0.25) is 0 Å². The van der Waals surface area contributed by atoms with Gasteiger partial charge < -0.3 is 15.1 Å². The molecular weight excluding hydrogens is 455 g/mol. The summed E-state index contributed by atoms with van der Waals surface area (Å²) in [6.07, 6.45) is 2.57. The summed E-state index contributed by atoms with van der Waals surface area (Å²) >= 11 is 3.60. The van der Waals surface area contributed by atoms with Crippen molar-refractivity contribution in [1.29, 1.82) is 0 Å². The van der Waals surface area contributed by atoms with Crippen LogP contribution in [0.1, 0.15) is 18.4 Å². The Morgan fingerprint density at radius 1 is 1.45 bits per heavy atom. The second kappa shape index (κ2) is 9.72. The van der Waals surface area contributed by atoms with Crippen LogP contribution in [-0.2, 0) is 6.54 Å². The first-order valence-corrected chi connectivity index (χ1v) is 8.26. The minimum atomic E-state index is 0. The second-order valence-corrected chi connectivity index (χ2v) is 6.51. The van der Waals surface area contributed by atoms with Gasteiger partial charge >= 0.3 is 0 Å². The maximum atomic E-state index is 4.40. The molecule has 0 radical (unpaired) electrons. The van der Waals surface area contributed by atoms with Crippen LogP contribution in [0.25, 0.3) is 0 Å². The van der Waals surface area contributed by atoms with Crippen LogP contribution < -0.4 is 5.32 Å². The molecule has 4 nitrogen and oxygen atoms in total. The number of nitrogens with zero attached hydrogens (tertiary/aromatic N) is 3. The first-order valence-electron chi connectivity index (χ1n) is 7.47. The van der Waals surface area contributed by atoms with Crippen LogP contribution in [0, 0.1) is 0 Å². The molecule has 0 aliphatic carbocycles. The number of halogens is 2. The van der Waals surface area contributed by atoms with E-state index in [1.807, 2.05) is 13.1 Å². The summed E-state index contributed by atoms with van der Waals surface area (Å²) in [5, 5.41) is 3.50. The molecule has 124 valence electrons. The van der Waals surface area contributed by atoms with E-state index in [0.717, 1.165) is 23.5 Å². The normalized spacial score (nSPS) is 18.9. The lowest BCUT2D eigenvalue weighted by atomic mass is 10.2. The zero-order chi connectivity index (χ0) is 15.2. The molecule has 1 aliphatic rings. The number of likely N-dealkylation sites (N-methyl/N-ethyl adjacent to an activating group) is 1. The van der Waals surface area contributed by atoms with E-state index in [1.54, 1.807) is 0 Å². The van der Waals surface area contributed by atoms with Crippen molar-refractivity contribution in [3.63, 3.8) is 0 Å². The van der Waals surface area contributed by atoms with Crippen LogP contribution in [-0.4, -0.2) is 56.0 Å². The predicted octanol–water partition coefficient (Wildman–Crippen LogP) is 3.17. The molecule has 0 saturated carbocycles. The third-order valence-corrected chi connectivity index (χ3v) is 4.88. The van der Waals surface area contributed by atoms with Crippen molar-refractivity contribution in [3.05, 3.63) is 34.3 Å². The molecular formula is C16H26BrIN4. The van der Waals surface area contributed by atoms with Gasteiger partial charge in [0.25, 0.3) is 0 Å². The minimum absolute atomic E-state index is 0. The van der Waals surface area contributed by atoms with Crippen molar-refractivity contribution in [1.82, 2.24) is 15.1 Å². The van der Waals surface area contributed by atoms with E-state index in [1.165, 1.54) is 24.9 Å². The van der Waals surface area contributed by atoms with E-state index < -0.39 is 0 Å². The molecule has 1 unspecified atom stereocenters. The van der Waals surface area contributed by atoms with E-state index in [9.17, 15) is 0 Å². The summed E-state index contributed by atoms with van der Waals surface area (Å²) in [7, 11) is 6.12. The molecule has 1 saturated heterocycles. The van der Waals surface area contributed by atoms with Gasteiger partial charge in [-0.2, -0.15) is 0 Å². The molecule has 1 aromatic carbocycles. The Morgan fingerprint density at radius 2 is 2.18 bits per heavy atom. The highest BCUT2D eigenvalue weighted by Gasteiger charge is 2.21. The molecule has 0 amide bonds. The van der Waals surface area contributed by atoms with E-state index in [-0.39, 0.29) is 24.0 Å². The number of guanidine groups is 1. The van der Waals surface area contributed by atoms with Gasteiger partial charge in [0.1, 0.15) is 0 Å². The molecule has 0 aromatic heterocycles. The molecule has 1 fully saturated rings. The number of benzene rings is 1. The number of nitrogens with one attached hydrogen (secondary N) is 1. The van der Waals surface area contributed by atoms with Crippen LogP contribution in [0.15, 0.2) is 33.7 Å². The van der Waals surface area contributed by atoms with Gasteiger partial charge in [-0.15, -0.1) is 24.0 Å². The summed E-state index contributed by atoms with van der Waals surface area (Å²) in [5.74, 6) is 0.950. The zero-order valence-electron chi connectivity index (χ0n) is 13.6. The number of rotatable bonds is 4. The van der Waals surface area contributed by atoms with Crippen molar-refractivity contribution in [3.8, 4) is 0 Å². The number of hydrogen-bond acceptors (Lipinski definition) is 2. The maximum absolute atomic E-state index is 4.40. The monoisotopic (exact) mass is 480 g/mol. The van der Waals surface area contributed by atoms with Gasteiger partial charge in [0.15, 0.2) is 5.96 Å². The lowest BCUT2D eigenvalue weighted by Gasteiger charge is -2.26. The molecule has 0 spiro atoms. The predicted molar refractivity (Wildman–Crippen MR) is 108 cm³/mol. The summed E-state index contributed by atoms with van der Waals surface area (Å²) in [6, 6.07) is 8.94. The second-order valence-electron chi connectivity index (χ2n) is 5.65. The fourth-order valence-corrected chi connectivity index (χ4v) is 3.20. The molecule has 1 heterocycles. The summed E-state index contributed by atoms with van der Waals surface area (Å²) in [4.78, 5) is 8.98. The highest BCUT2D eigenvalue weighted by Crippen LogP contribution is 2.17. The Kier molecular flexibility index (Phi) is 8.71. The topological polar surface area (TPSA) is 30.9 Å². The van der Waals surface area contributed by atoms with Crippen LogP contribution >= 0.6 is 39.9 Å². The van der Waals surface area contributed by atoms with Gasteiger partial charge in [0.05, 0.1) is 0 Å². The van der Waals surface area contributed by atoms with Gasteiger partial charge in [0.2, 0.25) is 0 Å². The Labute approximate surface area is 159 Å². The lowest BCUT2D eigenvalue weighted by molar-refractivity contribution is 0.306. The van der Waals surface area contributed by atoms with E-state index in [4.69, 9.17) is 0 Å². The van der Waals surface area contributed by atoms with Gasteiger partial charge in [0, 0.05) is 37.7 Å². The van der Waals surface area contributed by atoms with Crippen molar-refractivity contribution in [2.24, 2.45) is 4.99 Å². The van der Waals surface area contributed by atoms with Gasteiger partial charge in [-0.05, 0) is 38.1 Å². The molecule has 1 N–H and O–H groups in total. The lowest BCUT2D eigenvalue weighted by Crippen LogP contribution is -2.44. The fraction of sp³-hybridized carbons (Fsp3) is 0.562. The van der Waals surface area contributed by atoms with Crippen molar-refractivity contribution >= 4 is 45.9 Å². The van der Waals surface area contributed by atoms with Gasteiger partial charge in [-0.1, -0.05) is 34.1 Å². The van der Waals surface area contributed by atoms with Crippen LogP contribution in [0.4, 0.5) is 0 Å². The molecule has 1 atom stereocenters. The third kappa shape index (κ3) is 5.38. The van der Waals surface area contributed by atoms with Gasteiger partial charge in [-0.3, -0.25) is 4.99 Å². The maximum Gasteiger partial charge on any atom is 0.193 e. The SMILES string of the molecule is CN=C(NCC1CCCN1C)N(C)Cc1ccccc1Br.I. The molecule has 6 heteroatoms. The number of hydrogen-bond donors (Lipinski definition) is 1. The highest BCUT2D eigenvalue weighted by molar-refractivity contribution is 14.0. The molecule has 1 aliphatic heterocycles. The first kappa shape index (κ1) is 19.7. The number of aliphatic imine (C=N–C) groups is 1. The average molecular weight is 481 g/mol. The highest BCUT2D eigenvalue weighted by atomic mass is 127. The summed E-state index contributed by atoms with van der Waals surface area (Å²) in [5.41, 5.74) is 1.26. The molecule has 22 heavy (non-hydrogen) atoms. The van der Waals surface area contributed by atoms with E-state index in [2.05, 4.69) is 68.3 Å². The zero-order valence-corrected chi connectivity index (χ0v) is 17.5. The quantitative estimate of drug-likeness (QED) is 0.408. The summed E-state index contributed by atoms with van der Waals surface area (Å²) in [6.45, 7) is 3.00. The van der Waals surface area contributed by atoms with E-state index in [0.29, 0.717) is 6.04 Å². The molecule has 1 aromatic rings. The smallest absolute Gasteiger partial charge is 0.193 e. The summed E-state index contributed by atoms with van der Waals surface area (Å²) < 4.78 is 1.14. The van der Waals surface area contributed by atoms with Crippen molar-refractivity contribution in [2.75, 3.05) is 34.2 Å². The van der Waals surface area contributed by atoms with Gasteiger partial charge in [-0.25, -0.2) is 0 Å². The molecule has 0 bridgehead atoms. The Hall–Kier alpha value is -0.340. The van der Waals surface area contributed by atoms with Crippen molar-refractivity contribution in [2.45, 2.75) is 25.4 Å².